The first-order chi connectivity index (χ1) is 10.1. The topological polar surface area (TPSA) is 60.9 Å². The zero-order chi connectivity index (χ0) is 14.8. The van der Waals surface area contributed by atoms with Crippen LogP contribution in [0.2, 0.25) is 0 Å². The standard InChI is InChI=1S/C15H18BrN3OS/c16-11-5-6-14(17)15(9-11)21(20)10-12-7-8-19(18-12)13-3-1-2-4-13/h5-9,13H,1-4,10,17H2. The number of halogens is 1. The fraction of sp³-hybridized carbons (Fsp3) is 0.400. The number of benzene rings is 1. The maximum absolute atomic E-state index is 12.5. The number of anilines is 1. The van der Waals surface area contributed by atoms with Gasteiger partial charge in [0.05, 0.1) is 33.2 Å². The summed E-state index contributed by atoms with van der Waals surface area (Å²) in [5.41, 5.74) is 7.33. The van der Waals surface area contributed by atoms with Crippen LogP contribution in [0.3, 0.4) is 0 Å². The van der Waals surface area contributed by atoms with Crippen LogP contribution < -0.4 is 5.73 Å². The van der Waals surface area contributed by atoms with Crippen LogP contribution in [-0.2, 0) is 16.6 Å². The molecule has 0 amide bonds. The normalized spacial score (nSPS) is 17.2. The van der Waals surface area contributed by atoms with Crippen LogP contribution in [0.25, 0.3) is 0 Å². The lowest BCUT2D eigenvalue weighted by atomic mass is 10.3. The van der Waals surface area contributed by atoms with Gasteiger partial charge in [0, 0.05) is 16.4 Å². The molecule has 1 aliphatic carbocycles. The maximum atomic E-state index is 12.5. The van der Waals surface area contributed by atoms with Gasteiger partial charge < -0.3 is 5.73 Å². The summed E-state index contributed by atoms with van der Waals surface area (Å²) in [6.07, 6.45) is 6.96. The molecule has 0 saturated heterocycles. The molecule has 0 spiro atoms. The highest BCUT2D eigenvalue weighted by molar-refractivity contribution is 9.10. The lowest BCUT2D eigenvalue weighted by Gasteiger charge is -2.09. The Balaban J connectivity index is 1.74. The molecular formula is C15H18BrN3OS. The fourth-order valence-corrected chi connectivity index (χ4v) is 4.42. The molecule has 1 aliphatic rings. The molecule has 0 radical (unpaired) electrons. The van der Waals surface area contributed by atoms with E-state index in [4.69, 9.17) is 5.73 Å². The molecule has 6 heteroatoms. The molecule has 0 aliphatic heterocycles. The third kappa shape index (κ3) is 3.37. The van der Waals surface area contributed by atoms with Crippen molar-refractivity contribution in [2.75, 3.05) is 5.73 Å². The van der Waals surface area contributed by atoms with Gasteiger partial charge in [0.2, 0.25) is 0 Å². The first-order valence-corrected chi connectivity index (χ1v) is 9.22. The van der Waals surface area contributed by atoms with E-state index in [9.17, 15) is 4.21 Å². The van der Waals surface area contributed by atoms with E-state index in [-0.39, 0.29) is 0 Å². The van der Waals surface area contributed by atoms with Gasteiger partial charge in [-0.1, -0.05) is 28.8 Å². The fourth-order valence-electron chi connectivity index (χ4n) is 2.74. The third-order valence-electron chi connectivity index (χ3n) is 3.86. The smallest absolute Gasteiger partial charge is 0.0753 e. The summed E-state index contributed by atoms with van der Waals surface area (Å²) in [6, 6.07) is 7.92. The maximum Gasteiger partial charge on any atom is 0.0753 e. The van der Waals surface area contributed by atoms with Gasteiger partial charge in [0.25, 0.3) is 0 Å². The summed E-state index contributed by atoms with van der Waals surface area (Å²) >= 11 is 3.39. The molecule has 112 valence electrons. The monoisotopic (exact) mass is 367 g/mol. The highest BCUT2D eigenvalue weighted by Gasteiger charge is 2.18. The second kappa shape index (κ2) is 6.32. The second-order valence-corrected chi connectivity index (χ2v) is 7.73. The number of hydrogen-bond acceptors (Lipinski definition) is 3. The van der Waals surface area contributed by atoms with E-state index in [1.165, 1.54) is 25.7 Å². The number of nitrogens with two attached hydrogens (primary N) is 1. The summed E-state index contributed by atoms with van der Waals surface area (Å²) in [7, 11) is -1.18. The summed E-state index contributed by atoms with van der Waals surface area (Å²) < 4.78 is 15.4. The molecule has 1 heterocycles. The lowest BCUT2D eigenvalue weighted by Crippen LogP contribution is -2.07. The molecule has 0 bridgehead atoms. The largest absolute Gasteiger partial charge is 0.398 e. The molecule has 3 rings (SSSR count). The summed E-state index contributed by atoms with van der Waals surface area (Å²) in [5.74, 6) is 0.403. The van der Waals surface area contributed by atoms with Crippen molar-refractivity contribution in [3.05, 3.63) is 40.6 Å². The SMILES string of the molecule is Nc1ccc(Br)cc1S(=O)Cc1ccn(C2CCCC2)n1. The van der Waals surface area contributed by atoms with Crippen LogP contribution in [0.5, 0.6) is 0 Å². The lowest BCUT2D eigenvalue weighted by molar-refractivity contribution is 0.464. The minimum atomic E-state index is -1.18. The minimum Gasteiger partial charge on any atom is -0.398 e. The van der Waals surface area contributed by atoms with Gasteiger partial charge in [-0.3, -0.25) is 8.89 Å². The van der Waals surface area contributed by atoms with E-state index in [2.05, 4.69) is 21.0 Å². The second-order valence-electron chi connectivity index (χ2n) is 5.40. The highest BCUT2D eigenvalue weighted by Crippen LogP contribution is 2.29. The van der Waals surface area contributed by atoms with Crippen LogP contribution in [0.1, 0.15) is 37.4 Å². The average Bonchev–Trinajstić information content (AvgIpc) is 3.11. The predicted octanol–water partition coefficient (Wildman–Crippen LogP) is 3.65. The Kier molecular flexibility index (Phi) is 4.45. The van der Waals surface area contributed by atoms with Crippen molar-refractivity contribution in [2.45, 2.75) is 42.4 Å². The molecule has 1 fully saturated rings. The Morgan fingerprint density at radius 3 is 2.86 bits per heavy atom. The molecule has 2 N–H and O–H groups in total. The van der Waals surface area contributed by atoms with Crippen molar-refractivity contribution in [1.29, 1.82) is 0 Å². The zero-order valence-corrected chi connectivity index (χ0v) is 14.1. The molecule has 1 aromatic carbocycles. The van der Waals surface area contributed by atoms with Crippen LogP contribution >= 0.6 is 15.9 Å². The number of nitrogen functional groups attached to an aromatic ring is 1. The number of nitrogens with zero attached hydrogens (tertiary/aromatic N) is 2. The summed E-state index contributed by atoms with van der Waals surface area (Å²) in [5, 5.41) is 4.58. The van der Waals surface area contributed by atoms with Gasteiger partial charge >= 0.3 is 0 Å². The van der Waals surface area contributed by atoms with Gasteiger partial charge in [-0.2, -0.15) is 5.10 Å². The molecule has 1 saturated carbocycles. The summed E-state index contributed by atoms with van der Waals surface area (Å²) in [4.78, 5) is 0.666. The molecule has 2 aromatic rings. The van der Waals surface area contributed by atoms with Crippen LogP contribution in [0.4, 0.5) is 5.69 Å². The van der Waals surface area contributed by atoms with Gasteiger partial charge in [-0.25, -0.2) is 0 Å². The quantitative estimate of drug-likeness (QED) is 0.838. The average molecular weight is 368 g/mol. The Bertz CT molecular complexity index is 665. The van der Waals surface area contributed by atoms with E-state index in [0.29, 0.717) is 22.4 Å². The van der Waals surface area contributed by atoms with E-state index >= 15 is 0 Å². The van der Waals surface area contributed by atoms with Gasteiger partial charge in [-0.05, 0) is 37.1 Å². The first kappa shape index (κ1) is 14.8. The van der Waals surface area contributed by atoms with Crippen LogP contribution in [0, 0.1) is 0 Å². The molecular weight excluding hydrogens is 350 g/mol. The molecule has 1 unspecified atom stereocenters. The Hall–Kier alpha value is -1.14. The number of rotatable bonds is 4. The van der Waals surface area contributed by atoms with Crippen molar-refractivity contribution in [3.63, 3.8) is 0 Å². The molecule has 21 heavy (non-hydrogen) atoms. The zero-order valence-electron chi connectivity index (χ0n) is 11.7. The van der Waals surface area contributed by atoms with Crippen LogP contribution in [0.15, 0.2) is 39.8 Å². The molecule has 4 nitrogen and oxygen atoms in total. The number of aromatic nitrogens is 2. The van der Waals surface area contributed by atoms with Crippen molar-refractivity contribution >= 4 is 32.4 Å². The van der Waals surface area contributed by atoms with E-state index < -0.39 is 10.8 Å². The van der Waals surface area contributed by atoms with Crippen LogP contribution in [-0.4, -0.2) is 14.0 Å². The van der Waals surface area contributed by atoms with E-state index in [1.807, 2.05) is 29.1 Å². The molecule has 1 atom stereocenters. The Morgan fingerprint density at radius 2 is 2.10 bits per heavy atom. The van der Waals surface area contributed by atoms with Crippen molar-refractivity contribution < 1.29 is 4.21 Å². The Morgan fingerprint density at radius 1 is 1.33 bits per heavy atom. The van der Waals surface area contributed by atoms with Crippen molar-refractivity contribution in [1.82, 2.24) is 9.78 Å². The predicted molar refractivity (Wildman–Crippen MR) is 88.4 cm³/mol. The minimum absolute atomic E-state index is 0.403. The van der Waals surface area contributed by atoms with Gasteiger partial charge in [0.1, 0.15) is 0 Å². The first-order valence-electron chi connectivity index (χ1n) is 7.11. The van der Waals surface area contributed by atoms with E-state index in [0.717, 1.165) is 10.2 Å². The van der Waals surface area contributed by atoms with Crippen molar-refractivity contribution in [3.8, 4) is 0 Å². The number of hydrogen-bond donors (Lipinski definition) is 1. The van der Waals surface area contributed by atoms with Crippen molar-refractivity contribution in [2.24, 2.45) is 0 Å². The Labute approximate surface area is 135 Å². The van der Waals surface area contributed by atoms with Gasteiger partial charge in [0.15, 0.2) is 0 Å². The van der Waals surface area contributed by atoms with E-state index in [1.54, 1.807) is 6.07 Å². The third-order valence-corrected chi connectivity index (χ3v) is 5.76. The highest BCUT2D eigenvalue weighted by atomic mass is 79.9. The summed E-state index contributed by atoms with van der Waals surface area (Å²) in [6.45, 7) is 0. The van der Waals surface area contributed by atoms with Gasteiger partial charge in [-0.15, -0.1) is 0 Å². The molecule has 1 aromatic heterocycles.